The number of rotatable bonds is 6. The Morgan fingerprint density at radius 2 is 2.24 bits per heavy atom. The Bertz CT molecular complexity index is 892. The Labute approximate surface area is 146 Å². The highest BCUT2D eigenvalue weighted by atomic mass is 16.3. The maximum Gasteiger partial charge on any atom is 0.220 e. The van der Waals surface area contributed by atoms with E-state index in [9.17, 15) is 9.90 Å². The van der Waals surface area contributed by atoms with Crippen LogP contribution in [0.4, 0.5) is 0 Å². The van der Waals surface area contributed by atoms with Crippen molar-refractivity contribution in [3.63, 3.8) is 0 Å². The molecule has 25 heavy (non-hydrogen) atoms. The molecule has 3 aromatic rings. The van der Waals surface area contributed by atoms with E-state index in [0.717, 1.165) is 16.5 Å². The fourth-order valence-electron chi connectivity index (χ4n) is 2.98. The van der Waals surface area contributed by atoms with Gasteiger partial charge in [0.2, 0.25) is 5.91 Å². The summed E-state index contributed by atoms with van der Waals surface area (Å²) in [7, 11) is 1.79. The summed E-state index contributed by atoms with van der Waals surface area (Å²) >= 11 is 0. The smallest absolute Gasteiger partial charge is 0.220 e. The molecule has 3 N–H and O–H groups in total. The van der Waals surface area contributed by atoms with Gasteiger partial charge >= 0.3 is 0 Å². The van der Waals surface area contributed by atoms with Gasteiger partial charge in [0.1, 0.15) is 5.60 Å². The maximum absolute atomic E-state index is 12.2. The average Bonchev–Trinajstić information content (AvgIpc) is 3.19. The molecule has 6 heteroatoms. The zero-order valence-corrected chi connectivity index (χ0v) is 14.8. The number of hydrogen-bond acceptors (Lipinski definition) is 3. The van der Waals surface area contributed by atoms with Crippen LogP contribution < -0.4 is 5.32 Å². The molecule has 1 amide bonds. The summed E-state index contributed by atoms with van der Waals surface area (Å²) in [5.41, 5.74) is 3.00. The molecular formula is C19H24N4O2. The normalized spacial score (nSPS) is 13.8. The second-order valence-corrected chi connectivity index (χ2v) is 6.76. The highest BCUT2D eigenvalue weighted by Gasteiger charge is 2.25. The average molecular weight is 340 g/mol. The van der Waals surface area contributed by atoms with Crippen molar-refractivity contribution in [3.05, 3.63) is 53.5 Å². The highest BCUT2D eigenvalue weighted by molar-refractivity contribution is 5.86. The van der Waals surface area contributed by atoms with E-state index in [1.807, 2.05) is 12.3 Å². The number of aromatic nitrogens is 3. The van der Waals surface area contributed by atoms with Crippen molar-refractivity contribution >= 4 is 16.8 Å². The number of carbonyl (C=O) groups is 1. The first-order valence-corrected chi connectivity index (χ1v) is 8.40. The van der Waals surface area contributed by atoms with Crippen LogP contribution in [-0.4, -0.2) is 32.3 Å². The first-order chi connectivity index (χ1) is 11.9. The monoisotopic (exact) mass is 340 g/mol. The van der Waals surface area contributed by atoms with Gasteiger partial charge in [0.25, 0.3) is 0 Å². The van der Waals surface area contributed by atoms with Gasteiger partial charge in [0.15, 0.2) is 0 Å². The fourth-order valence-corrected chi connectivity index (χ4v) is 2.98. The summed E-state index contributed by atoms with van der Waals surface area (Å²) in [5.74, 6) is -0.0776. The molecule has 132 valence electrons. The lowest BCUT2D eigenvalue weighted by molar-refractivity contribution is -0.122. The molecule has 1 unspecified atom stereocenters. The molecule has 0 aliphatic carbocycles. The number of nitrogens with one attached hydrogen (secondary N) is 2. The quantitative estimate of drug-likeness (QED) is 0.643. The van der Waals surface area contributed by atoms with E-state index in [1.54, 1.807) is 31.0 Å². The number of fused-ring (bicyclic) bond motifs is 1. The van der Waals surface area contributed by atoms with E-state index in [0.29, 0.717) is 18.4 Å². The Morgan fingerprint density at radius 3 is 2.96 bits per heavy atom. The second kappa shape index (κ2) is 6.72. The first kappa shape index (κ1) is 17.2. The molecule has 0 radical (unpaired) electrons. The topological polar surface area (TPSA) is 82.9 Å². The molecule has 0 saturated carbocycles. The van der Waals surface area contributed by atoms with Crippen molar-refractivity contribution < 1.29 is 9.90 Å². The van der Waals surface area contributed by atoms with E-state index in [2.05, 4.69) is 34.5 Å². The molecular weight excluding hydrogens is 316 g/mol. The van der Waals surface area contributed by atoms with Gasteiger partial charge < -0.3 is 15.4 Å². The van der Waals surface area contributed by atoms with E-state index in [1.165, 1.54) is 5.56 Å². The van der Waals surface area contributed by atoms with Crippen LogP contribution in [0.2, 0.25) is 0 Å². The molecule has 0 aliphatic rings. The van der Waals surface area contributed by atoms with Gasteiger partial charge in [0, 0.05) is 42.3 Å². The zero-order chi connectivity index (χ0) is 18.0. The molecule has 1 atom stereocenters. The van der Waals surface area contributed by atoms with Gasteiger partial charge in [-0.1, -0.05) is 18.2 Å². The van der Waals surface area contributed by atoms with Crippen LogP contribution in [0.1, 0.15) is 30.0 Å². The van der Waals surface area contributed by atoms with E-state index >= 15 is 0 Å². The van der Waals surface area contributed by atoms with E-state index in [-0.39, 0.29) is 12.5 Å². The molecule has 6 nitrogen and oxygen atoms in total. The van der Waals surface area contributed by atoms with E-state index < -0.39 is 5.60 Å². The number of nitrogens with zero attached hydrogens (tertiary/aromatic N) is 2. The molecule has 0 aliphatic heterocycles. The number of benzene rings is 1. The molecule has 0 bridgehead atoms. The molecule has 0 fully saturated rings. The van der Waals surface area contributed by atoms with Crippen molar-refractivity contribution in [2.45, 2.75) is 32.3 Å². The van der Waals surface area contributed by atoms with Crippen molar-refractivity contribution in [1.29, 1.82) is 0 Å². The highest BCUT2D eigenvalue weighted by Crippen LogP contribution is 2.22. The van der Waals surface area contributed by atoms with Gasteiger partial charge in [-0.05, 0) is 31.4 Å². The summed E-state index contributed by atoms with van der Waals surface area (Å²) in [6.45, 7) is 3.90. The maximum atomic E-state index is 12.2. The number of aromatic amines is 1. The number of H-pyrrole nitrogens is 1. The summed E-state index contributed by atoms with van der Waals surface area (Å²) in [6, 6.07) is 6.16. The number of aryl methyl sites for hydroxylation is 3. The third kappa shape index (κ3) is 3.74. The van der Waals surface area contributed by atoms with Crippen molar-refractivity contribution in [1.82, 2.24) is 20.1 Å². The van der Waals surface area contributed by atoms with Crippen molar-refractivity contribution in [2.75, 3.05) is 6.54 Å². The van der Waals surface area contributed by atoms with Gasteiger partial charge in [-0.3, -0.25) is 9.48 Å². The summed E-state index contributed by atoms with van der Waals surface area (Å²) < 4.78 is 1.63. The largest absolute Gasteiger partial charge is 0.383 e. The van der Waals surface area contributed by atoms with Crippen molar-refractivity contribution in [3.8, 4) is 0 Å². The lowest BCUT2D eigenvalue weighted by atomic mass is 9.99. The standard InChI is InChI=1S/C19H24N4O2/c1-13-5-4-6-16-14(9-20-18(13)16)7-8-17(24)21-12-19(2,25)15-10-22-23(3)11-15/h4-6,9-11,20,25H,7-8,12H2,1-3H3,(H,21,24). The van der Waals surface area contributed by atoms with E-state index in [4.69, 9.17) is 0 Å². The zero-order valence-electron chi connectivity index (χ0n) is 14.8. The third-order valence-electron chi connectivity index (χ3n) is 4.59. The van der Waals surface area contributed by atoms with Crippen LogP contribution in [0.15, 0.2) is 36.8 Å². The molecule has 2 heterocycles. The lowest BCUT2D eigenvalue weighted by Crippen LogP contribution is -2.38. The number of aliphatic hydroxyl groups is 1. The Balaban J connectivity index is 1.57. The number of para-hydroxylation sites is 1. The molecule has 3 rings (SSSR count). The van der Waals surface area contributed by atoms with Crippen molar-refractivity contribution in [2.24, 2.45) is 7.05 Å². The Hall–Kier alpha value is -2.60. The minimum atomic E-state index is -1.14. The summed E-state index contributed by atoms with van der Waals surface area (Å²) in [6.07, 6.45) is 6.37. The Morgan fingerprint density at radius 1 is 1.44 bits per heavy atom. The summed E-state index contributed by atoms with van der Waals surface area (Å²) in [5, 5.41) is 18.5. The minimum absolute atomic E-state index is 0.0776. The Kier molecular flexibility index (Phi) is 4.63. The van der Waals surface area contributed by atoms with Gasteiger partial charge in [-0.25, -0.2) is 0 Å². The van der Waals surface area contributed by atoms with Crippen LogP contribution in [0.25, 0.3) is 10.9 Å². The SMILES string of the molecule is Cc1cccc2c(CCC(=O)NCC(C)(O)c3cnn(C)c3)c[nH]c12. The summed E-state index contributed by atoms with van der Waals surface area (Å²) in [4.78, 5) is 15.5. The van der Waals surface area contributed by atoms with Crippen LogP contribution in [0.5, 0.6) is 0 Å². The minimum Gasteiger partial charge on any atom is -0.383 e. The van der Waals surface area contributed by atoms with Crippen LogP contribution in [0, 0.1) is 6.92 Å². The molecule has 0 spiro atoms. The lowest BCUT2D eigenvalue weighted by Gasteiger charge is -2.22. The third-order valence-corrected chi connectivity index (χ3v) is 4.59. The molecule has 2 aromatic heterocycles. The van der Waals surface area contributed by atoms with Crippen LogP contribution in [-0.2, 0) is 23.9 Å². The van der Waals surface area contributed by atoms with Gasteiger partial charge in [-0.2, -0.15) is 5.10 Å². The number of carbonyl (C=O) groups excluding carboxylic acids is 1. The van der Waals surface area contributed by atoms with Crippen LogP contribution in [0.3, 0.4) is 0 Å². The molecule has 1 aromatic carbocycles. The van der Waals surface area contributed by atoms with Crippen LogP contribution >= 0.6 is 0 Å². The second-order valence-electron chi connectivity index (χ2n) is 6.76. The predicted octanol–water partition coefficient (Wildman–Crippen LogP) is 2.17. The number of amides is 1. The fraction of sp³-hybridized carbons (Fsp3) is 0.368. The first-order valence-electron chi connectivity index (χ1n) is 8.40. The molecule has 0 saturated heterocycles. The van der Waals surface area contributed by atoms with Gasteiger partial charge in [0.05, 0.1) is 12.7 Å². The number of hydrogen-bond donors (Lipinski definition) is 3. The predicted molar refractivity (Wildman–Crippen MR) is 97.1 cm³/mol. The van der Waals surface area contributed by atoms with Gasteiger partial charge in [-0.15, -0.1) is 0 Å².